The molecule has 2 aromatic rings. The van der Waals surface area contributed by atoms with Crippen molar-refractivity contribution in [1.29, 1.82) is 0 Å². The molecule has 19 heavy (non-hydrogen) atoms. The van der Waals surface area contributed by atoms with Gasteiger partial charge < -0.3 is 5.32 Å². The van der Waals surface area contributed by atoms with Gasteiger partial charge in [0.1, 0.15) is 5.82 Å². The van der Waals surface area contributed by atoms with Gasteiger partial charge >= 0.3 is 0 Å². The topological polar surface area (TPSA) is 54.9 Å². The molecular formula is C12H12FN3OS2. The van der Waals surface area contributed by atoms with Crippen molar-refractivity contribution in [3.63, 3.8) is 0 Å². The highest BCUT2D eigenvalue weighted by molar-refractivity contribution is 8.01. The Morgan fingerprint density at radius 2 is 2.32 bits per heavy atom. The van der Waals surface area contributed by atoms with Crippen molar-refractivity contribution in [2.24, 2.45) is 0 Å². The van der Waals surface area contributed by atoms with E-state index >= 15 is 0 Å². The molecule has 0 saturated heterocycles. The maximum Gasteiger partial charge on any atom is 0.206 e. The summed E-state index contributed by atoms with van der Waals surface area (Å²) >= 11 is 2.71. The van der Waals surface area contributed by atoms with Crippen molar-refractivity contribution < 1.29 is 9.18 Å². The summed E-state index contributed by atoms with van der Waals surface area (Å²) in [6, 6.07) is 5.70. The highest BCUT2D eigenvalue weighted by Gasteiger charge is 2.10. The number of rotatable bonds is 6. The van der Waals surface area contributed by atoms with Crippen LogP contribution in [0, 0.1) is 5.82 Å². The molecule has 0 radical (unpaired) electrons. The van der Waals surface area contributed by atoms with Crippen molar-refractivity contribution in [2.75, 3.05) is 17.6 Å². The highest BCUT2D eigenvalue weighted by Crippen LogP contribution is 2.25. The second-order valence-electron chi connectivity index (χ2n) is 3.63. The Bertz CT molecular complexity index is 574. The van der Waals surface area contributed by atoms with Crippen LogP contribution in [0.15, 0.2) is 28.6 Å². The molecule has 0 aliphatic rings. The number of anilines is 1. The second kappa shape index (κ2) is 6.63. The summed E-state index contributed by atoms with van der Waals surface area (Å²) in [5.74, 6) is -0.296. The summed E-state index contributed by atoms with van der Waals surface area (Å²) in [6.45, 7) is 2.75. The van der Waals surface area contributed by atoms with Crippen LogP contribution in [-0.2, 0) is 0 Å². The van der Waals surface area contributed by atoms with Gasteiger partial charge in [-0.05, 0) is 19.1 Å². The average molecular weight is 297 g/mol. The normalized spacial score (nSPS) is 10.4. The van der Waals surface area contributed by atoms with Crippen LogP contribution in [0.4, 0.5) is 9.52 Å². The number of aromatic nitrogens is 2. The van der Waals surface area contributed by atoms with Gasteiger partial charge in [0.25, 0.3) is 0 Å². The lowest BCUT2D eigenvalue weighted by Crippen LogP contribution is -2.02. The van der Waals surface area contributed by atoms with E-state index in [0.29, 0.717) is 5.56 Å². The maximum absolute atomic E-state index is 13.0. The standard InChI is InChI=1S/C12H12FN3OS2/c1-2-14-11-15-16-12(19-11)18-7-10(17)8-4-3-5-9(13)6-8/h3-6H,2,7H2,1H3,(H,14,15). The molecular weight excluding hydrogens is 285 g/mol. The first-order chi connectivity index (χ1) is 9.19. The van der Waals surface area contributed by atoms with Crippen LogP contribution in [0.3, 0.4) is 0 Å². The number of hydrogen-bond donors (Lipinski definition) is 1. The summed E-state index contributed by atoms with van der Waals surface area (Å²) < 4.78 is 13.7. The minimum atomic E-state index is -0.402. The van der Waals surface area contributed by atoms with Gasteiger partial charge in [0, 0.05) is 12.1 Å². The lowest BCUT2D eigenvalue weighted by molar-refractivity contribution is 0.102. The SMILES string of the molecule is CCNc1nnc(SCC(=O)c2cccc(F)c2)s1. The van der Waals surface area contributed by atoms with Gasteiger partial charge in [0.2, 0.25) is 5.13 Å². The van der Waals surface area contributed by atoms with E-state index < -0.39 is 5.82 Å². The van der Waals surface area contributed by atoms with E-state index in [1.165, 1.54) is 41.3 Å². The van der Waals surface area contributed by atoms with E-state index in [-0.39, 0.29) is 11.5 Å². The van der Waals surface area contributed by atoms with Gasteiger partial charge in [0.15, 0.2) is 10.1 Å². The van der Waals surface area contributed by atoms with Gasteiger partial charge in [-0.2, -0.15) is 0 Å². The van der Waals surface area contributed by atoms with E-state index in [1.807, 2.05) is 6.92 Å². The van der Waals surface area contributed by atoms with Crippen molar-refractivity contribution in [3.8, 4) is 0 Å². The maximum atomic E-state index is 13.0. The summed E-state index contributed by atoms with van der Waals surface area (Å²) in [5.41, 5.74) is 0.379. The first-order valence-electron chi connectivity index (χ1n) is 5.68. The Kier molecular flexibility index (Phi) is 4.86. The summed E-state index contributed by atoms with van der Waals surface area (Å²) in [4.78, 5) is 11.9. The first kappa shape index (κ1) is 14.0. The van der Waals surface area contributed by atoms with Crippen molar-refractivity contribution in [1.82, 2.24) is 10.2 Å². The van der Waals surface area contributed by atoms with E-state index in [1.54, 1.807) is 6.07 Å². The fourth-order valence-corrected chi connectivity index (χ4v) is 3.08. The predicted octanol–water partition coefficient (Wildman–Crippen LogP) is 3.08. The fraction of sp³-hybridized carbons (Fsp3) is 0.250. The number of hydrogen-bond acceptors (Lipinski definition) is 6. The van der Waals surface area contributed by atoms with Gasteiger partial charge in [-0.1, -0.05) is 35.2 Å². The zero-order valence-electron chi connectivity index (χ0n) is 10.2. The van der Waals surface area contributed by atoms with E-state index in [0.717, 1.165) is 16.0 Å². The first-order valence-corrected chi connectivity index (χ1v) is 7.48. The van der Waals surface area contributed by atoms with Gasteiger partial charge in [-0.3, -0.25) is 4.79 Å². The Morgan fingerprint density at radius 1 is 1.47 bits per heavy atom. The summed E-state index contributed by atoms with van der Waals surface area (Å²) in [6.07, 6.45) is 0. The zero-order valence-corrected chi connectivity index (χ0v) is 11.9. The largest absolute Gasteiger partial charge is 0.360 e. The number of carbonyl (C=O) groups is 1. The molecule has 0 unspecified atom stereocenters. The third kappa shape index (κ3) is 4.00. The molecule has 1 N–H and O–H groups in total. The monoisotopic (exact) mass is 297 g/mol. The number of ketones is 1. The number of nitrogens with one attached hydrogen (secondary N) is 1. The number of nitrogens with zero attached hydrogens (tertiary/aromatic N) is 2. The number of benzene rings is 1. The van der Waals surface area contributed by atoms with E-state index in [9.17, 15) is 9.18 Å². The third-order valence-electron chi connectivity index (χ3n) is 2.21. The lowest BCUT2D eigenvalue weighted by atomic mass is 10.1. The van der Waals surface area contributed by atoms with Crippen LogP contribution < -0.4 is 5.32 Å². The average Bonchev–Trinajstić information content (AvgIpc) is 2.84. The van der Waals surface area contributed by atoms with Crippen LogP contribution in [0.25, 0.3) is 0 Å². The molecule has 2 rings (SSSR count). The summed E-state index contributed by atoms with van der Waals surface area (Å²) in [5, 5.41) is 11.7. The van der Waals surface area contributed by atoms with Gasteiger partial charge in [0.05, 0.1) is 5.75 Å². The van der Waals surface area contributed by atoms with Crippen LogP contribution in [0.1, 0.15) is 17.3 Å². The zero-order chi connectivity index (χ0) is 13.7. The smallest absolute Gasteiger partial charge is 0.206 e. The molecule has 1 heterocycles. The predicted molar refractivity (Wildman–Crippen MR) is 75.5 cm³/mol. The molecule has 0 fully saturated rings. The van der Waals surface area contributed by atoms with Crippen LogP contribution >= 0.6 is 23.1 Å². The number of thioether (sulfide) groups is 1. The molecule has 0 aliphatic carbocycles. The molecule has 0 saturated carbocycles. The Morgan fingerprint density at radius 3 is 3.05 bits per heavy atom. The molecule has 0 atom stereocenters. The van der Waals surface area contributed by atoms with E-state index in [4.69, 9.17) is 0 Å². The minimum Gasteiger partial charge on any atom is -0.360 e. The quantitative estimate of drug-likeness (QED) is 0.656. The van der Waals surface area contributed by atoms with Gasteiger partial charge in [-0.15, -0.1) is 10.2 Å². The second-order valence-corrected chi connectivity index (χ2v) is 5.83. The molecule has 0 bridgehead atoms. The Balaban J connectivity index is 1.92. The molecule has 1 aromatic heterocycles. The van der Waals surface area contributed by atoms with E-state index in [2.05, 4.69) is 15.5 Å². The number of carbonyl (C=O) groups excluding carboxylic acids is 1. The molecule has 7 heteroatoms. The Hall–Kier alpha value is -1.47. The van der Waals surface area contributed by atoms with Crippen LogP contribution in [-0.4, -0.2) is 28.3 Å². The summed E-state index contributed by atoms with van der Waals surface area (Å²) in [7, 11) is 0. The fourth-order valence-electron chi connectivity index (χ4n) is 1.36. The molecule has 4 nitrogen and oxygen atoms in total. The van der Waals surface area contributed by atoms with Crippen molar-refractivity contribution >= 4 is 34.0 Å². The molecule has 0 amide bonds. The molecule has 100 valence electrons. The van der Waals surface area contributed by atoms with Crippen molar-refractivity contribution in [3.05, 3.63) is 35.6 Å². The minimum absolute atomic E-state index is 0.121. The van der Waals surface area contributed by atoms with Crippen molar-refractivity contribution in [2.45, 2.75) is 11.3 Å². The highest BCUT2D eigenvalue weighted by atomic mass is 32.2. The Labute approximate surface area is 118 Å². The van der Waals surface area contributed by atoms with Gasteiger partial charge in [-0.25, -0.2) is 4.39 Å². The molecule has 0 spiro atoms. The van der Waals surface area contributed by atoms with Crippen LogP contribution in [0.2, 0.25) is 0 Å². The number of halogens is 1. The van der Waals surface area contributed by atoms with Crippen LogP contribution in [0.5, 0.6) is 0 Å². The number of Topliss-reactive ketones (excluding diaryl/α,β-unsaturated/α-hetero) is 1. The molecule has 0 aliphatic heterocycles. The lowest BCUT2D eigenvalue weighted by Gasteiger charge is -1.99. The molecule has 1 aromatic carbocycles. The third-order valence-corrected chi connectivity index (χ3v) is 4.22.